The van der Waals surface area contributed by atoms with E-state index in [1.165, 1.54) is 12.3 Å². The van der Waals surface area contributed by atoms with Crippen molar-refractivity contribution in [1.29, 1.82) is 0 Å². The number of pyridine rings is 1. The standard InChI is InChI=1S/C25H29FN4O3S/c1-27-9-8-22(23-5-4-12-34-23)33-18-7-6-17(20(26)13-18)16-30-11-10-29(2)21-14-24(32-3)28-15-19(21)25(30)31/h4-7,12-15,22,27H,8-11,16H2,1-3H3/t22-/m0/s1. The molecule has 2 aromatic heterocycles. The minimum Gasteiger partial charge on any atom is -0.485 e. The molecule has 3 heterocycles. The number of likely N-dealkylation sites (N-methyl/N-ethyl adjacent to an activating group) is 1. The molecular weight excluding hydrogens is 455 g/mol. The number of aromatic nitrogens is 1. The number of nitrogens with zero attached hydrogens (tertiary/aromatic N) is 3. The summed E-state index contributed by atoms with van der Waals surface area (Å²) in [6.45, 7) is 2.03. The van der Waals surface area contributed by atoms with Gasteiger partial charge in [-0.2, -0.15) is 0 Å². The summed E-state index contributed by atoms with van der Waals surface area (Å²) in [4.78, 5) is 22.1. The highest BCUT2D eigenvalue weighted by Gasteiger charge is 2.27. The third-order valence-electron chi connectivity index (χ3n) is 5.88. The first-order chi connectivity index (χ1) is 16.5. The molecule has 1 aliphatic rings. The van der Waals surface area contributed by atoms with Gasteiger partial charge in [-0.1, -0.05) is 12.1 Å². The number of thiophene rings is 1. The molecule has 0 fully saturated rings. The molecule has 0 saturated heterocycles. The summed E-state index contributed by atoms with van der Waals surface area (Å²) in [5.41, 5.74) is 1.67. The molecule has 180 valence electrons. The predicted molar refractivity (Wildman–Crippen MR) is 131 cm³/mol. The van der Waals surface area contributed by atoms with Crippen LogP contribution in [-0.4, -0.2) is 56.6 Å². The minimum absolute atomic E-state index is 0.151. The van der Waals surface area contributed by atoms with Crippen molar-refractivity contribution in [2.75, 3.05) is 45.7 Å². The van der Waals surface area contributed by atoms with E-state index in [1.807, 2.05) is 36.5 Å². The van der Waals surface area contributed by atoms with Gasteiger partial charge in [-0.25, -0.2) is 9.37 Å². The molecule has 34 heavy (non-hydrogen) atoms. The van der Waals surface area contributed by atoms with Crippen LogP contribution >= 0.6 is 11.3 Å². The summed E-state index contributed by atoms with van der Waals surface area (Å²) in [5, 5.41) is 5.14. The number of methoxy groups -OCH3 is 1. The summed E-state index contributed by atoms with van der Waals surface area (Å²) in [7, 11) is 5.35. The molecule has 0 bridgehead atoms. The molecule has 3 aromatic rings. The maximum atomic E-state index is 15.1. The van der Waals surface area contributed by atoms with Crippen LogP contribution in [0.3, 0.4) is 0 Å². The molecule has 1 aromatic carbocycles. The fourth-order valence-electron chi connectivity index (χ4n) is 3.94. The first kappa shape index (κ1) is 24.0. The van der Waals surface area contributed by atoms with Crippen molar-refractivity contribution in [2.24, 2.45) is 0 Å². The number of rotatable bonds is 9. The SMILES string of the molecule is CNCC[C@H](Oc1ccc(CN2CCN(C)c3cc(OC)ncc3C2=O)c(F)c1)c1cccs1. The smallest absolute Gasteiger partial charge is 0.257 e. The van der Waals surface area contributed by atoms with Crippen LogP contribution in [0.1, 0.15) is 33.3 Å². The zero-order valence-electron chi connectivity index (χ0n) is 19.6. The zero-order valence-corrected chi connectivity index (χ0v) is 20.4. The molecule has 1 aliphatic heterocycles. The largest absolute Gasteiger partial charge is 0.485 e. The first-order valence-electron chi connectivity index (χ1n) is 11.2. The highest BCUT2D eigenvalue weighted by molar-refractivity contribution is 7.10. The second kappa shape index (κ2) is 10.8. The van der Waals surface area contributed by atoms with Gasteiger partial charge in [-0.3, -0.25) is 4.79 Å². The number of carbonyl (C=O) groups excluding carboxylic acids is 1. The van der Waals surface area contributed by atoms with Crippen LogP contribution < -0.4 is 19.7 Å². The number of fused-ring (bicyclic) bond motifs is 1. The molecular formula is C25H29FN4O3S. The number of ether oxygens (including phenoxy) is 2. The Bertz CT molecular complexity index is 1130. The topological polar surface area (TPSA) is 66.9 Å². The number of anilines is 1. The lowest BCUT2D eigenvalue weighted by atomic mass is 10.1. The lowest BCUT2D eigenvalue weighted by molar-refractivity contribution is 0.0753. The van der Waals surface area contributed by atoms with Gasteiger partial charge in [0.15, 0.2) is 0 Å². The van der Waals surface area contributed by atoms with E-state index in [1.54, 1.807) is 41.5 Å². The Morgan fingerprint density at radius 1 is 1.26 bits per heavy atom. The Hall–Kier alpha value is -3.17. The number of carbonyl (C=O) groups is 1. The van der Waals surface area contributed by atoms with Gasteiger partial charge in [0.1, 0.15) is 17.7 Å². The number of hydrogen-bond acceptors (Lipinski definition) is 7. The fraction of sp³-hybridized carbons (Fsp3) is 0.360. The van der Waals surface area contributed by atoms with Gasteiger partial charge in [-0.15, -0.1) is 11.3 Å². The van der Waals surface area contributed by atoms with E-state index in [4.69, 9.17) is 9.47 Å². The highest BCUT2D eigenvalue weighted by atomic mass is 32.1. The average Bonchev–Trinajstić information content (AvgIpc) is 3.36. The van der Waals surface area contributed by atoms with E-state index in [2.05, 4.69) is 10.3 Å². The van der Waals surface area contributed by atoms with Gasteiger partial charge in [-0.05, 0) is 31.1 Å². The maximum Gasteiger partial charge on any atom is 0.257 e. The molecule has 4 rings (SSSR count). The summed E-state index contributed by atoms with van der Waals surface area (Å²) >= 11 is 1.62. The van der Waals surface area contributed by atoms with Crippen molar-refractivity contribution < 1.29 is 18.7 Å². The van der Waals surface area contributed by atoms with E-state index in [0.717, 1.165) is 23.5 Å². The molecule has 0 unspecified atom stereocenters. The number of nitrogens with one attached hydrogen (secondary N) is 1. The Morgan fingerprint density at radius 2 is 2.12 bits per heavy atom. The van der Waals surface area contributed by atoms with Crippen molar-refractivity contribution in [3.63, 3.8) is 0 Å². The van der Waals surface area contributed by atoms with E-state index < -0.39 is 5.82 Å². The Kier molecular flexibility index (Phi) is 7.64. The Balaban J connectivity index is 1.50. The van der Waals surface area contributed by atoms with E-state index >= 15 is 4.39 Å². The second-order valence-electron chi connectivity index (χ2n) is 8.16. The van der Waals surface area contributed by atoms with Crippen LogP contribution in [-0.2, 0) is 6.54 Å². The Morgan fingerprint density at radius 3 is 2.82 bits per heavy atom. The van der Waals surface area contributed by atoms with E-state index in [-0.39, 0.29) is 18.6 Å². The number of amides is 1. The van der Waals surface area contributed by atoms with Gasteiger partial charge in [0.25, 0.3) is 5.91 Å². The lowest BCUT2D eigenvalue weighted by Gasteiger charge is -2.22. The van der Waals surface area contributed by atoms with Crippen LogP contribution in [0.25, 0.3) is 0 Å². The summed E-state index contributed by atoms with van der Waals surface area (Å²) in [6, 6.07) is 10.6. The third-order valence-corrected chi connectivity index (χ3v) is 6.85. The molecule has 0 aliphatic carbocycles. The summed E-state index contributed by atoms with van der Waals surface area (Å²) in [6.07, 6.45) is 2.14. The summed E-state index contributed by atoms with van der Waals surface area (Å²) < 4.78 is 26.4. The molecule has 0 radical (unpaired) electrons. The van der Waals surface area contributed by atoms with E-state index in [9.17, 15) is 4.79 Å². The van der Waals surface area contributed by atoms with Gasteiger partial charge in [0.05, 0.1) is 18.4 Å². The van der Waals surface area contributed by atoms with Gasteiger partial charge in [0.2, 0.25) is 5.88 Å². The van der Waals surface area contributed by atoms with Gasteiger partial charge >= 0.3 is 0 Å². The predicted octanol–water partition coefficient (Wildman–Crippen LogP) is 4.11. The van der Waals surface area contributed by atoms with Crippen LogP contribution in [0.5, 0.6) is 11.6 Å². The average molecular weight is 485 g/mol. The van der Waals surface area contributed by atoms with Crippen LogP contribution in [0.4, 0.5) is 10.1 Å². The first-order valence-corrected chi connectivity index (χ1v) is 12.1. The van der Waals surface area contributed by atoms with Crippen molar-refractivity contribution in [3.8, 4) is 11.6 Å². The fourth-order valence-corrected chi connectivity index (χ4v) is 4.73. The van der Waals surface area contributed by atoms with E-state index in [0.29, 0.717) is 35.8 Å². The molecule has 1 N–H and O–H groups in total. The minimum atomic E-state index is -0.394. The Labute approximate surface area is 203 Å². The molecule has 7 nitrogen and oxygen atoms in total. The maximum absolute atomic E-state index is 15.1. The van der Waals surface area contributed by atoms with Crippen molar-refractivity contribution >= 4 is 22.9 Å². The van der Waals surface area contributed by atoms with Crippen LogP contribution in [0.2, 0.25) is 0 Å². The number of benzene rings is 1. The number of halogens is 1. The lowest BCUT2D eigenvalue weighted by Crippen LogP contribution is -2.33. The van der Waals surface area contributed by atoms with Crippen molar-refractivity contribution in [3.05, 3.63) is 69.8 Å². The van der Waals surface area contributed by atoms with Crippen LogP contribution in [0.15, 0.2) is 48.0 Å². The summed E-state index contributed by atoms with van der Waals surface area (Å²) in [5.74, 6) is 0.344. The second-order valence-corrected chi connectivity index (χ2v) is 9.14. The van der Waals surface area contributed by atoms with Crippen LogP contribution in [0, 0.1) is 5.82 Å². The molecule has 1 amide bonds. The normalized spacial score (nSPS) is 14.5. The van der Waals surface area contributed by atoms with Crippen molar-refractivity contribution in [2.45, 2.75) is 19.1 Å². The highest BCUT2D eigenvalue weighted by Crippen LogP contribution is 2.30. The molecule has 0 spiro atoms. The zero-order chi connectivity index (χ0) is 24.1. The molecule has 0 saturated carbocycles. The van der Waals surface area contributed by atoms with Gasteiger partial charge < -0.3 is 24.6 Å². The van der Waals surface area contributed by atoms with Crippen molar-refractivity contribution in [1.82, 2.24) is 15.2 Å². The van der Waals surface area contributed by atoms with Gasteiger partial charge in [0, 0.05) is 61.9 Å². The quantitative estimate of drug-likeness (QED) is 0.493. The number of hydrogen-bond donors (Lipinski definition) is 1. The molecule has 1 atom stereocenters. The third kappa shape index (κ3) is 5.31. The molecule has 9 heteroatoms. The monoisotopic (exact) mass is 484 g/mol.